The van der Waals surface area contributed by atoms with Crippen LogP contribution in [-0.2, 0) is 9.53 Å². The van der Waals surface area contributed by atoms with Crippen molar-refractivity contribution >= 4 is 23.3 Å². The van der Waals surface area contributed by atoms with Crippen molar-refractivity contribution in [3.63, 3.8) is 0 Å². The standard InChI is InChI=1S/C21H29N3O4/c1-27-19-8-5-16(12-18(19)23-10-3-2-4-20(23)25)22-21(26)24(17-6-7-17)13-15-9-11-28-14-15/h5,8,12,15,17H,2-4,6-7,9-11,13-14H2,1H3,(H,22,26)/t15-/m1/s1. The number of methoxy groups -OCH3 is 1. The van der Waals surface area contributed by atoms with Gasteiger partial charge in [0.25, 0.3) is 0 Å². The second-order valence-corrected chi connectivity index (χ2v) is 7.93. The van der Waals surface area contributed by atoms with Crippen LogP contribution in [0.2, 0.25) is 0 Å². The Bertz CT molecular complexity index is 728. The van der Waals surface area contributed by atoms with E-state index in [9.17, 15) is 9.59 Å². The third-order valence-electron chi connectivity index (χ3n) is 5.77. The van der Waals surface area contributed by atoms with Crippen molar-refractivity contribution in [2.24, 2.45) is 5.92 Å². The number of hydrogen-bond acceptors (Lipinski definition) is 4. The number of nitrogens with one attached hydrogen (secondary N) is 1. The van der Waals surface area contributed by atoms with Gasteiger partial charge < -0.3 is 24.6 Å². The molecule has 152 valence electrons. The van der Waals surface area contributed by atoms with Crippen LogP contribution < -0.4 is 15.0 Å². The molecule has 1 N–H and O–H groups in total. The van der Waals surface area contributed by atoms with Crippen molar-refractivity contribution in [1.82, 2.24) is 4.90 Å². The van der Waals surface area contributed by atoms with Gasteiger partial charge in [-0.1, -0.05) is 0 Å². The Morgan fingerprint density at radius 1 is 1.32 bits per heavy atom. The van der Waals surface area contributed by atoms with E-state index in [2.05, 4.69) is 5.32 Å². The first-order valence-corrected chi connectivity index (χ1v) is 10.3. The Kier molecular flexibility index (Phi) is 5.71. The summed E-state index contributed by atoms with van der Waals surface area (Å²) in [7, 11) is 1.60. The zero-order valence-corrected chi connectivity index (χ0v) is 16.5. The molecule has 2 aliphatic heterocycles. The monoisotopic (exact) mass is 387 g/mol. The quantitative estimate of drug-likeness (QED) is 0.813. The molecule has 3 fully saturated rings. The van der Waals surface area contributed by atoms with Crippen LogP contribution in [0, 0.1) is 5.92 Å². The lowest BCUT2D eigenvalue weighted by Gasteiger charge is -2.29. The van der Waals surface area contributed by atoms with Crippen LogP contribution >= 0.6 is 0 Å². The first kappa shape index (κ1) is 19.1. The van der Waals surface area contributed by atoms with Gasteiger partial charge in [-0.2, -0.15) is 0 Å². The SMILES string of the molecule is COc1ccc(NC(=O)N(C[C@H]2CCOC2)C2CC2)cc1N1CCCCC1=O. The summed E-state index contributed by atoms with van der Waals surface area (Å²) < 4.78 is 10.9. The lowest BCUT2D eigenvalue weighted by molar-refractivity contribution is -0.119. The van der Waals surface area contributed by atoms with Gasteiger partial charge in [-0.15, -0.1) is 0 Å². The molecule has 7 nitrogen and oxygen atoms in total. The van der Waals surface area contributed by atoms with Crippen LogP contribution in [0.3, 0.4) is 0 Å². The average molecular weight is 387 g/mol. The number of hydrogen-bond donors (Lipinski definition) is 1. The van der Waals surface area contributed by atoms with Gasteiger partial charge >= 0.3 is 6.03 Å². The Hall–Kier alpha value is -2.28. The summed E-state index contributed by atoms with van der Waals surface area (Å²) in [6.07, 6.45) is 5.60. The van der Waals surface area contributed by atoms with Crippen LogP contribution in [0.25, 0.3) is 0 Å². The van der Waals surface area contributed by atoms with Crippen LogP contribution in [0.5, 0.6) is 5.75 Å². The summed E-state index contributed by atoms with van der Waals surface area (Å²) in [6, 6.07) is 5.76. The van der Waals surface area contributed by atoms with E-state index in [1.807, 2.05) is 23.1 Å². The second kappa shape index (κ2) is 8.39. The minimum absolute atomic E-state index is 0.0736. The molecule has 0 unspecified atom stereocenters. The van der Waals surface area contributed by atoms with E-state index >= 15 is 0 Å². The van der Waals surface area contributed by atoms with Crippen molar-refractivity contribution in [3.05, 3.63) is 18.2 Å². The normalized spacial score (nSPS) is 22.2. The molecule has 3 amide bonds. The first-order valence-electron chi connectivity index (χ1n) is 10.3. The second-order valence-electron chi connectivity index (χ2n) is 7.93. The molecule has 2 heterocycles. The van der Waals surface area contributed by atoms with E-state index < -0.39 is 0 Å². The Morgan fingerprint density at radius 2 is 2.18 bits per heavy atom. The van der Waals surface area contributed by atoms with Crippen LogP contribution in [-0.4, -0.2) is 56.3 Å². The van der Waals surface area contributed by atoms with Crippen molar-refractivity contribution < 1.29 is 19.1 Å². The number of rotatable bonds is 6. The number of ether oxygens (including phenoxy) is 2. The van der Waals surface area contributed by atoms with Crippen molar-refractivity contribution in [3.8, 4) is 5.75 Å². The molecular formula is C21H29N3O4. The van der Waals surface area contributed by atoms with Crippen LogP contribution in [0.4, 0.5) is 16.2 Å². The van der Waals surface area contributed by atoms with Crippen molar-refractivity contribution in [2.45, 2.75) is 44.6 Å². The number of amides is 3. The molecule has 1 saturated carbocycles. The molecular weight excluding hydrogens is 358 g/mol. The fourth-order valence-electron chi connectivity index (χ4n) is 4.02. The molecule has 0 aromatic heterocycles. The highest BCUT2D eigenvalue weighted by Gasteiger charge is 2.35. The van der Waals surface area contributed by atoms with Gasteiger partial charge in [-0.3, -0.25) is 4.79 Å². The summed E-state index contributed by atoms with van der Waals surface area (Å²) in [5, 5.41) is 3.04. The topological polar surface area (TPSA) is 71.1 Å². The molecule has 3 aliphatic rings. The Balaban J connectivity index is 1.49. The van der Waals surface area contributed by atoms with E-state index in [1.54, 1.807) is 12.0 Å². The number of carbonyl (C=O) groups excluding carboxylic acids is 2. The maximum Gasteiger partial charge on any atom is 0.322 e. The molecule has 7 heteroatoms. The number of urea groups is 1. The lowest BCUT2D eigenvalue weighted by atomic mass is 10.1. The maximum absolute atomic E-state index is 13.0. The van der Waals surface area contributed by atoms with E-state index in [4.69, 9.17) is 9.47 Å². The smallest absolute Gasteiger partial charge is 0.322 e. The zero-order valence-electron chi connectivity index (χ0n) is 16.5. The Morgan fingerprint density at radius 3 is 2.86 bits per heavy atom. The number of benzene rings is 1. The van der Waals surface area contributed by atoms with E-state index in [0.29, 0.717) is 36.4 Å². The molecule has 4 rings (SSSR count). The van der Waals surface area contributed by atoms with Gasteiger partial charge in [0.15, 0.2) is 0 Å². The van der Waals surface area contributed by atoms with Gasteiger partial charge in [0.05, 0.1) is 19.4 Å². The van der Waals surface area contributed by atoms with Gasteiger partial charge in [-0.25, -0.2) is 4.79 Å². The van der Waals surface area contributed by atoms with Gasteiger partial charge in [0.1, 0.15) is 5.75 Å². The molecule has 0 spiro atoms. The molecule has 1 aromatic carbocycles. The first-order chi connectivity index (χ1) is 13.7. The number of anilines is 2. The van der Waals surface area contributed by atoms with Crippen molar-refractivity contribution in [1.29, 1.82) is 0 Å². The third-order valence-corrected chi connectivity index (χ3v) is 5.77. The number of nitrogens with zero attached hydrogens (tertiary/aromatic N) is 2. The van der Waals surface area contributed by atoms with Gasteiger partial charge in [0.2, 0.25) is 5.91 Å². The molecule has 0 bridgehead atoms. The zero-order chi connectivity index (χ0) is 19.5. The minimum atomic E-state index is -0.0736. The highest BCUT2D eigenvalue weighted by molar-refractivity contribution is 5.97. The number of carbonyl (C=O) groups is 2. The summed E-state index contributed by atoms with van der Waals surface area (Å²) in [5.41, 5.74) is 1.42. The fourth-order valence-corrected chi connectivity index (χ4v) is 4.02. The summed E-state index contributed by atoms with van der Waals surface area (Å²) in [5.74, 6) is 1.17. The minimum Gasteiger partial charge on any atom is -0.495 e. The predicted molar refractivity (Wildman–Crippen MR) is 107 cm³/mol. The highest BCUT2D eigenvalue weighted by Crippen LogP contribution is 2.34. The van der Waals surface area contributed by atoms with Gasteiger partial charge in [0, 0.05) is 43.8 Å². The number of piperidine rings is 1. The summed E-state index contributed by atoms with van der Waals surface area (Å²) in [6.45, 7) is 2.95. The van der Waals surface area contributed by atoms with Gasteiger partial charge in [-0.05, 0) is 50.3 Å². The van der Waals surface area contributed by atoms with E-state index in [1.165, 1.54) is 0 Å². The molecule has 1 aromatic rings. The average Bonchev–Trinajstić information content (AvgIpc) is 3.41. The summed E-state index contributed by atoms with van der Waals surface area (Å²) in [4.78, 5) is 29.0. The predicted octanol–water partition coefficient (Wildman–Crippen LogP) is 3.24. The van der Waals surface area contributed by atoms with E-state index in [0.717, 1.165) is 57.6 Å². The van der Waals surface area contributed by atoms with Crippen LogP contribution in [0.1, 0.15) is 38.5 Å². The maximum atomic E-state index is 13.0. The molecule has 2 saturated heterocycles. The fraction of sp³-hybridized carbons (Fsp3) is 0.619. The highest BCUT2D eigenvalue weighted by atomic mass is 16.5. The molecule has 1 atom stereocenters. The van der Waals surface area contributed by atoms with E-state index in [-0.39, 0.29) is 11.9 Å². The Labute approximate surface area is 166 Å². The van der Waals surface area contributed by atoms with Crippen molar-refractivity contribution in [2.75, 3.05) is 43.6 Å². The third kappa shape index (κ3) is 4.24. The molecule has 0 radical (unpaired) electrons. The molecule has 1 aliphatic carbocycles. The summed E-state index contributed by atoms with van der Waals surface area (Å²) >= 11 is 0. The molecule has 28 heavy (non-hydrogen) atoms. The van der Waals surface area contributed by atoms with Crippen LogP contribution in [0.15, 0.2) is 18.2 Å². The lowest BCUT2D eigenvalue weighted by Crippen LogP contribution is -2.40. The largest absolute Gasteiger partial charge is 0.495 e.